The number of hydrogen-bond acceptors (Lipinski definition) is 5. The van der Waals surface area contributed by atoms with Gasteiger partial charge < -0.3 is 20.6 Å². The van der Waals surface area contributed by atoms with Gasteiger partial charge in [0.15, 0.2) is 0 Å². The Kier molecular flexibility index (Phi) is 5.75. The van der Waals surface area contributed by atoms with Crippen molar-refractivity contribution in [2.24, 2.45) is 11.8 Å². The number of aliphatic hydroxyl groups is 1. The van der Waals surface area contributed by atoms with Gasteiger partial charge in [0.2, 0.25) is 17.7 Å². The molecule has 28 heavy (non-hydrogen) atoms. The summed E-state index contributed by atoms with van der Waals surface area (Å²) in [6.45, 7) is 7.64. The van der Waals surface area contributed by atoms with Gasteiger partial charge in [0.1, 0.15) is 6.04 Å². The van der Waals surface area contributed by atoms with Crippen LogP contribution in [0.3, 0.4) is 0 Å². The lowest BCUT2D eigenvalue weighted by Gasteiger charge is -2.36. The zero-order valence-electron chi connectivity index (χ0n) is 17.4. The maximum atomic E-state index is 13.5. The topological polar surface area (TPSA) is 98.7 Å². The van der Waals surface area contributed by atoms with Gasteiger partial charge >= 0.3 is 0 Å². The number of nitrogens with zero attached hydrogens (tertiary/aromatic N) is 1. The number of hydrogen-bond donors (Lipinski definition) is 3. The molecule has 7 nitrogen and oxygen atoms in total. The van der Waals surface area contributed by atoms with Crippen LogP contribution >= 0.6 is 11.8 Å². The van der Waals surface area contributed by atoms with Crippen molar-refractivity contribution in [1.29, 1.82) is 0 Å². The summed E-state index contributed by atoms with van der Waals surface area (Å²) in [7, 11) is 1.60. The number of carbonyl (C=O) groups is 3. The highest BCUT2D eigenvalue weighted by Crippen LogP contribution is 2.71. The normalized spacial score (nSPS) is 38.3. The van der Waals surface area contributed by atoms with Gasteiger partial charge in [0.25, 0.3) is 0 Å². The van der Waals surface area contributed by atoms with E-state index in [9.17, 15) is 19.5 Å². The van der Waals surface area contributed by atoms with Crippen LogP contribution in [0.2, 0.25) is 0 Å². The number of amides is 3. The fourth-order valence-corrected chi connectivity index (χ4v) is 7.95. The Labute approximate surface area is 171 Å². The van der Waals surface area contributed by atoms with E-state index in [1.165, 1.54) is 0 Å². The predicted octanol–water partition coefficient (Wildman–Crippen LogP) is 0.899. The van der Waals surface area contributed by atoms with Crippen LogP contribution in [-0.4, -0.2) is 69.0 Å². The predicted molar refractivity (Wildman–Crippen MR) is 109 cm³/mol. The fourth-order valence-electron chi connectivity index (χ4n) is 5.61. The Morgan fingerprint density at radius 2 is 2.00 bits per heavy atom. The smallest absolute Gasteiger partial charge is 0.244 e. The van der Waals surface area contributed by atoms with Crippen LogP contribution in [0.25, 0.3) is 0 Å². The molecule has 0 aliphatic carbocycles. The summed E-state index contributed by atoms with van der Waals surface area (Å²) in [5.74, 6) is -1.45. The number of likely N-dealkylation sites (tertiary alicyclic amines) is 1. The Morgan fingerprint density at radius 1 is 1.32 bits per heavy atom. The highest BCUT2D eigenvalue weighted by atomic mass is 32.2. The Hall–Kier alpha value is -1.28. The van der Waals surface area contributed by atoms with Crippen molar-refractivity contribution in [3.63, 3.8) is 0 Å². The zero-order valence-corrected chi connectivity index (χ0v) is 18.3. The third-order valence-electron chi connectivity index (χ3n) is 6.84. The first-order valence-electron chi connectivity index (χ1n) is 10.3. The van der Waals surface area contributed by atoms with Gasteiger partial charge in [-0.3, -0.25) is 14.4 Å². The first kappa shape index (κ1) is 21.4. The third kappa shape index (κ3) is 2.95. The minimum absolute atomic E-state index is 0.0169. The molecule has 3 aliphatic heterocycles. The van der Waals surface area contributed by atoms with E-state index in [2.05, 4.69) is 17.6 Å². The maximum absolute atomic E-state index is 13.5. The molecule has 3 saturated heterocycles. The molecule has 0 saturated carbocycles. The van der Waals surface area contributed by atoms with Gasteiger partial charge in [-0.25, -0.2) is 0 Å². The van der Waals surface area contributed by atoms with Crippen molar-refractivity contribution in [3.8, 4) is 0 Å². The van der Waals surface area contributed by atoms with Crippen molar-refractivity contribution < 1.29 is 19.5 Å². The molecule has 158 valence electrons. The van der Waals surface area contributed by atoms with E-state index >= 15 is 0 Å². The van der Waals surface area contributed by atoms with Gasteiger partial charge in [-0.05, 0) is 40.0 Å². The molecule has 3 N–H and O–H groups in total. The van der Waals surface area contributed by atoms with Crippen LogP contribution in [0.1, 0.15) is 53.4 Å². The Morgan fingerprint density at radius 3 is 2.57 bits per heavy atom. The lowest BCUT2D eigenvalue weighted by atomic mass is 9.66. The van der Waals surface area contributed by atoms with Gasteiger partial charge in [-0.1, -0.05) is 13.3 Å². The van der Waals surface area contributed by atoms with E-state index in [1.54, 1.807) is 30.6 Å². The molecular weight excluding hydrogens is 378 g/mol. The zero-order chi connectivity index (χ0) is 20.9. The summed E-state index contributed by atoms with van der Waals surface area (Å²) in [4.78, 5) is 41.2. The average molecular weight is 412 g/mol. The molecule has 3 fully saturated rings. The van der Waals surface area contributed by atoms with Crippen molar-refractivity contribution >= 4 is 29.5 Å². The Balaban J connectivity index is 2.03. The number of nitrogens with one attached hydrogen (secondary N) is 2. The second-order valence-electron chi connectivity index (χ2n) is 8.82. The van der Waals surface area contributed by atoms with E-state index in [0.29, 0.717) is 0 Å². The SMILES string of the molecule is CCCC(C)NC(=O)C1N([C@H](C)CO)C(=O)[C@@H]2[C@H](C(=O)NC)[C@]3(C)CCC12S3. The molecule has 0 aromatic carbocycles. The molecule has 3 heterocycles. The second-order valence-corrected chi connectivity index (χ2v) is 10.7. The average Bonchev–Trinajstić information content (AvgIpc) is 3.21. The monoisotopic (exact) mass is 411 g/mol. The van der Waals surface area contributed by atoms with Crippen molar-refractivity contribution in [3.05, 3.63) is 0 Å². The quantitative estimate of drug-likeness (QED) is 0.578. The molecule has 0 aromatic rings. The van der Waals surface area contributed by atoms with Gasteiger partial charge in [0.05, 0.1) is 29.2 Å². The summed E-state index contributed by atoms with van der Waals surface area (Å²) in [6, 6.07) is -1.11. The second kappa shape index (κ2) is 7.52. The largest absolute Gasteiger partial charge is 0.394 e. The van der Waals surface area contributed by atoms with Gasteiger partial charge in [-0.2, -0.15) is 0 Å². The molecule has 3 unspecified atom stereocenters. The lowest BCUT2D eigenvalue weighted by molar-refractivity contribution is -0.143. The van der Waals surface area contributed by atoms with Crippen LogP contribution < -0.4 is 10.6 Å². The molecule has 3 rings (SSSR count). The van der Waals surface area contributed by atoms with E-state index in [-0.39, 0.29) is 35.1 Å². The minimum Gasteiger partial charge on any atom is -0.394 e. The number of rotatable bonds is 7. The standard InChI is InChI=1S/C20H33N3O4S/c1-6-7-11(2)22-17(26)15-20-9-8-19(4,28-20)13(16(25)21-5)14(20)18(27)23(15)12(3)10-24/h11-15,24H,6-10H2,1-5H3,(H,21,25)(H,22,26)/t11?,12-,13-,14+,15?,19+,20?/m1/s1. The number of aliphatic hydroxyl groups excluding tert-OH is 1. The van der Waals surface area contributed by atoms with Crippen LogP contribution in [0.15, 0.2) is 0 Å². The molecule has 0 radical (unpaired) electrons. The highest BCUT2D eigenvalue weighted by molar-refractivity contribution is 8.02. The van der Waals surface area contributed by atoms with E-state index in [4.69, 9.17) is 0 Å². The summed E-state index contributed by atoms with van der Waals surface area (Å²) in [6.07, 6.45) is 3.35. The van der Waals surface area contributed by atoms with Crippen LogP contribution in [-0.2, 0) is 14.4 Å². The molecule has 8 heteroatoms. The summed E-state index contributed by atoms with van der Waals surface area (Å²) in [5.41, 5.74) is 0. The summed E-state index contributed by atoms with van der Waals surface area (Å²) >= 11 is 1.65. The fraction of sp³-hybridized carbons (Fsp3) is 0.850. The molecule has 1 spiro atoms. The van der Waals surface area contributed by atoms with Crippen LogP contribution in [0, 0.1) is 11.8 Å². The highest BCUT2D eigenvalue weighted by Gasteiger charge is 2.77. The van der Waals surface area contributed by atoms with Crippen molar-refractivity contribution in [2.45, 2.75) is 81.0 Å². The summed E-state index contributed by atoms with van der Waals surface area (Å²) in [5, 5.41) is 15.6. The lowest BCUT2D eigenvalue weighted by Crippen LogP contribution is -2.57. The maximum Gasteiger partial charge on any atom is 0.244 e. The minimum atomic E-state index is -0.659. The molecule has 7 atom stereocenters. The molecule has 3 amide bonds. The number of thioether (sulfide) groups is 1. The van der Waals surface area contributed by atoms with Gasteiger partial charge in [0, 0.05) is 17.8 Å². The number of carbonyl (C=O) groups excluding carboxylic acids is 3. The summed E-state index contributed by atoms with van der Waals surface area (Å²) < 4.78 is -0.953. The van der Waals surface area contributed by atoms with E-state index in [0.717, 1.165) is 25.7 Å². The molecule has 2 bridgehead atoms. The molecule has 3 aliphatic rings. The first-order valence-corrected chi connectivity index (χ1v) is 11.1. The van der Waals surface area contributed by atoms with Crippen molar-refractivity contribution in [2.75, 3.05) is 13.7 Å². The van der Waals surface area contributed by atoms with Crippen LogP contribution in [0.4, 0.5) is 0 Å². The molecular formula is C20H33N3O4S. The van der Waals surface area contributed by atoms with E-state index < -0.39 is 28.7 Å². The van der Waals surface area contributed by atoms with Crippen LogP contribution in [0.5, 0.6) is 0 Å². The first-order chi connectivity index (χ1) is 13.2. The Bertz CT molecular complexity index is 674. The number of fused-ring (bicyclic) bond motifs is 1. The molecule has 0 aromatic heterocycles. The van der Waals surface area contributed by atoms with Crippen molar-refractivity contribution in [1.82, 2.24) is 15.5 Å². The van der Waals surface area contributed by atoms with Gasteiger partial charge in [-0.15, -0.1) is 11.8 Å². The third-order valence-corrected chi connectivity index (χ3v) is 8.83. The van der Waals surface area contributed by atoms with E-state index in [1.807, 2.05) is 13.8 Å².